The van der Waals surface area contributed by atoms with Gasteiger partial charge < -0.3 is 15.5 Å². The largest absolute Gasteiger partial charge is 0.338 e. The Morgan fingerprint density at radius 3 is 3.19 bits per heavy atom. The van der Waals surface area contributed by atoms with Crippen LogP contribution in [0.25, 0.3) is 0 Å². The van der Waals surface area contributed by atoms with E-state index in [1.807, 2.05) is 4.90 Å². The fourth-order valence-electron chi connectivity index (χ4n) is 2.79. The molecule has 2 aliphatic rings. The first kappa shape index (κ1) is 11.7. The van der Waals surface area contributed by atoms with Crippen LogP contribution in [0.3, 0.4) is 0 Å². The molecule has 0 bridgehead atoms. The molecule has 0 aromatic rings. The summed E-state index contributed by atoms with van der Waals surface area (Å²) in [6.07, 6.45) is 4.62. The van der Waals surface area contributed by atoms with Gasteiger partial charge in [-0.25, -0.2) is 4.79 Å². The third-order valence-electron chi connectivity index (χ3n) is 3.80. The van der Waals surface area contributed by atoms with Crippen LogP contribution in [0, 0.1) is 5.92 Å². The second-order valence-corrected chi connectivity index (χ2v) is 4.89. The van der Waals surface area contributed by atoms with E-state index in [0.29, 0.717) is 6.04 Å². The van der Waals surface area contributed by atoms with Gasteiger partial charge in [-0.05, 0) is 31.7 Å². The SMILES string of the molecule is CCCCNC(=O)N1CC[C@@H]2CCNC[C@@H]21. The van der Waals surface area contributed by atoms with E-state index in [0.717, 1.165) is 44.9 Å². The Hall–Kier alpha value is -0.770. The van der Waals surface area contributed by atoms with Crippen molar-refractivity contribution in [1.29, 1.82) is 0 Å². The molecule has 4 heteroatoms. The molecule has 2 atom stereocenters. The lowest BCUT2D eigenvalue weighted by Gasteiger charge is -2.32. The van der Waals surface area contributed by atoms with E-state index >= 15 is 0 Å². The van der Waals surface area contributed by atoms with Crippen LogP contribution in [0.2, 0.25) is 0 Å². The van der Waals surface area contributed by atoms with Crippen LogP contribution in [-0.2, 0) is 0 Å². The zero-order valence-corrected chi connectivity index (χ0v) is 10.2. The van der Waals surface area contributed by atoms with Crippen LogP contribution in [-0.4, -0.2) is 43.2 Å². The third kappa shape index (κ3) is 2.48. The topological polar surface area (TPSA) is 44.4 Å². The molecular weight excluding hydrogens is 202 g/mol. The predicted octanol–water partition coefficient (Wildman–Crippen LogP) is 1.18. The molecule has 0 aromatic heterocycles. The van der Waals surface area contributed by atoms with Gasteiger partial charge in [0.25, 0.3) is 0 Å². The van der Waals surface area contributed by atoms with E-state index in [2.05, 4.69) is 17.6 Å². The Labute approximate surface area is 97.8 Å². The lowest BCUT2D eigenvalue weighted by atomic mass is 9.93. The van der Waals surface area contributed by atoms with Crippen LogP contribution < -0.4 is 10.6 Å². The van der Waals surface area contributed by atoms with E-state index in [4.69, 9.17) is 0 Å². The zero-order valence-electron chi connectivity index (χ0n) is 10.2. The van der Waals surface area contributed by atoms with E-state index in [9.17, 15) is 4.79 Å². The minimum atomic E-state index is 0.143. The molecule has 16 heavy (non-hydrogen) atoms. The average molecular weight is 225 g/mol. The molecule has 4 nitrogen and oxygen atoms in total. The highest BCUT2D eigenvalue weighted by molar-refractivity contribution is 5.75. The number of fused-ring (bicyclic) bond motifs is 1. The van der Waals surface area contributed by atoms with Crippen molar-refractivity contribution in [2.24, 2.45) is 5.92 Å². The Bertz CT molecular complexity index is 244. The number of rotatable bonds is 3. The molecule has 0 aromatic carbocycles. The molecular formula is C12H23N3O. The average Bonchev–Trinajstić information content (AvgIpc) is 2.73. The molecule has 0 radical (unpaired) electrons. The standard InChI is InChI=1S/C12H23N3O/c1-2-3-6-14-12(16)15-8-5-10-4-7-13-9-11(10)15/h10-11,13H,2-9H2,1H3,(H,14,16)/t10-,11-/m0/s1. The summed E-state index contributed by atoms with van der Waals surface area (Å²) in [6.45, 7) is 5.99. The van der Waals surface area contributed by atoms with Crippen molar-refractivity contribution < 1.29 is 4.79 Å². The second-order valence-electron chi connectivity index (χ2n) is 4.89. The highest BCUT2D eigenvalue weighted by atomic mass is 16.2. The summed E-state index contributed by atoms with van der Waals surface area (Å²) in [7, 11) is 0. The second kappa shape index (κ2) is 5.53. The predicted molar refractivity (Wildman–Crippen MR) is 64.4 cm³/mol. The smallest absolute Gasteiger partial charge is 0.317 e. The molecule has 2 rings (SSSR count). The molecule has 92 valence electrons. The first-order valence-corrected chi connectivity index (χ1v) is 6.58. The van der Waals surface area contributed by atoms with Crippen molar-refractivity contribution in [1.82, 2.24) is 15.5 Å². The van der Waals surface area contributed by atoms with E-state index in [-0.39, 0.29) is 6.03 Å². The molecule has 2 saturated heterocycles. The molecule has 2 aliphatic heterocycles. The number of carbonyl (C=O) groups excluding carboxylic acids is 1. The summed E-state index contributed by atoms with van der Waals surface area (Å²) in [5, 5.41) is 6.40. The van der Waals surface area contributed by atoms with Gasteiger partial charge >= 0.3 is 6.03 Å². The van der Waals surface area contributed by atoms with Crippen molar-refractivity contribution in [3.63, 3.8) is 0 Å². The first-order valence-electron chi connectivity index (χ1n) is 6.58. The third-order valence-corrected chi connectivity index (χ3v) is 3.80. The quantitative estimate of drug-likeness (QED) is 0.708. The zero-order chi connectivity index (χ0) is 11.4. The van der Waals surface area contributed by atoms with Crippen molar-refractivity contribution in [3.05, 3.63) is 0 Å². The van der Waals surface area contributed by atoms with Crippen molar-refractivity contribution in [3.8, 4) is 0 Å². The number of carbonyl (C=O) groups is 1. The van der Waals surface area contributed by atoms with Crippen LogP contribution >= 0.6 is 0 Å². The van der Waals surface area contributed by atoms with E-state index in [1.165, 1.54) is 12.8 Å². The summed E-state index contributed by atoms with van der Waals surface area (Å²) >= 11 is 0. The number of urea groups is 1. The Balaban J connectivity index is 1.82. The van der Waals surface area contributed by atoms with Crippen molar-refractivity contribution >= 4 is 6.03 Å². The number of piperidine rings is 1. The lowest BCUT2D eigenvalue weighted by molar-refractivity contribution is 0.175. The lowest BCUT2D eigenvalue weighted by Crippen LogP contribution is -2.51. The van der Waals surface area contributed by atoms with Gasteiger partial charge in [-0.3, -0.25) is 0 Å². The molecule has 0 unspecified atom stereocenters. The Morgan fingerprint density at radius 2 is 2.38 bits per heavy atom. The first-order chi connectivity index (χ1) is 7.83. The van der Waals surface area contributed by atoms with Gasteiger partial charge in [0.1, 0.15) is 0 Å². The summed E-state index contributed by atoms with van der Waals surface area (Å²) in [5.41, 5.74) is 0. The van der Waals surface area contributed by atoms with Crippen molar-refractivity contribution in [2.75, 3.05) is 26.2 Å². The van der Waals surface area contributed by atoms with Crippen LogP contribution in [0.1, 0.15) is 32.6 Å². The molecule has 0 spiro atoms. The van der Waals surface area contributed by atoms with Gasteiger partial charge in [0, 0.05) is 25.7 Å². The van der Waals surface area contributed by atoms with Gasteiger partial charge in [-0.2, -0.15) is 0 Å². The number of unbranched alkanes of at least 4 members (excludes halogenated alkanes) is 1. The van der Waals surface area contributed by atoms with Crippen LogP contribution in [0.4, 0.5) is 4.79 Å². The molecule has 0 saturated carbocycles. The number of nitrogens with one attached hydrogen (secondary N) is 2. The highest BCUT2D eigenvalue weighted by Gasteiger charge is 2.37. The summed E-state index contributed by atoms with van der Waals surface area (Å²) in [5.74, 6) is 0.734. The molecule has 0 aliphatic carbocycles. The maximum atomic E-state index is 12.0. The Morgan fingerprint density at radius 1 is 1.50 bits per heavy atom. The fraction of sp³-hybridized carbons (Fsp3) is 0.917. The highest BCUT2D eigenvalue weighted by Crippen LogP contribution is 2.28. The molecule has 2 amide bonds. The van der Waals surface area contributed by atoms with Crippen LogP contribution in [0.5, 0.6) is 0 Å². The summed E-state index contributed by atoms with van der Waals surface area (Å²) < 4.78 is 0. The maximum Gasteiger partial charge on any atom is 0.317 e. The number of nitrogens with zero attached hydrogens (tertiary/aromatic N) is 1. The molecule has 2 N–H and O–H groups in total. The fourth-order valence-corrected chi connectivity index (χ4v) is 2.79. The molecule has 2 fully saturated rings. The van der Waals surface area contributed by atoms with Gasteiger partial charge in [0.15, 0.2) is 0 Å². The number of likely N-dealkylation sites (tertiary alicyclic amines) is 1. The van der Waals surface area contributed by atoms with Gasteiger partial charge in [-0.15, -0.1) is 0 Å². The molecule has 2 heterocycles. The van der Waals surface area contributed by atoms with Gasteiger partial charge in [0.05, 0.1) is 0 Å². The number of hydrogen-bond acceptors (Lipinski definition) is 2. The minimum absolute atomic E-state index is 0.143. The monoisotopic (exact) mass is 225 g/mol. The number of amides is 2. The minimum Gasteiger partial charge on any atom is -0.338 e. The van der Waals surface area contributed by atoms with E-state index in [1.54, 1.807) is 0 Å². The Kier molecular flexibility index (Phi) is 4.04. The summed E-state index contributed by atoms with van der Waals surface area (Å²) in [4.78, 5) is 14.0. The summed E-state index contributed by atoms with van der Waals surface area (Å²) in [6, 6.07) is 0.583. The van der Waals surface area contributed by atoms with E-state index < -0.39 is 0 Å². The van der Waals surface area contributed by atoms with Crippen molar-refractivity contribution in [2.45, 2.75) is 38.6 Å². The number of hydrogen-bond donors (Lipinski definition) is 2. The van der Waals surface area contributed by atoms with Crippen LogP contribution in [0.15, 0.2) is 0 Å². The normalized spacial score (nSPS) is 28.9. The van der Waals surface area contributed by atoms with Gasteiger partial charge in [-0.1, -0.05) is 13.3 Å². The van der Waals surface area contributed by atoms with Gasteiger partial charge in [0.2, 0.25) is 0 Å². The maximum absolute atomic E-state index is 12.0.